The summed E-state index contributed by atoms with van der Waals surface area (Å²) < 4.78 is 70.3. The van der Waals surface area contributed by atoms with Crippen LogP contribution in [0.1, 0.15) is 84.5 Å². The Kier molecular flexibility index (Phi) is 25.5. The van der Waals surface area contributed by atoms with Crippen molar-refractivity contribution < 1.29 is 75.4 Å². The van der Waals surface area contributed by atoms with E-state index in [-0.39, 0.29) is 30.3 Å². The molecule has 5 rings (SSSR count). The van der Waals surface area contributed by atoms with Gasteiger partial charge in [-0.3, -0.25) is 19.3 Å². The van der Waals surface area contributed by atoms with Gasteiger partial charge in [-0.25, -0.2) is 14.6 Å². The van der Waals surface area contributed by atoms with E-state index < -0.39 is 36.2 Å². The highest BCUT2D eigenvalue weighted by Crippen LogP contribution is 2.37. The van der Waals surface area contributed by atoms with E-state index in [4.69, 9.17) is 53.8 Å². The summed E-state index contributed by atoms with van der Waals surface area (Å²) in [7, 11) is 1.52. The molecule has 2 aromatic carbocycles. The minimum Gasteiger partial charge on any atom is -0.491 e. The number of carbonyl (C=O) groups is 5. The van der Waals surface area contributed by atoms with E-state index >= 15 is 0 Å². The fourth-order valence-electron chi connectivity index (χ4n) is 7.45. The molecule has 1 aliphatic heterocycles. The van der Waals surface area contributed by atoms with Gasteiger partial charge in [0.25, 0.3) is 0 Å². The first-order valence-electron chi connectivity index (χ1n) is 23.4. The Bertz CT molecular complexity index is 2040. The summed E-state index contributed by atoms with van der Waals surface area (Å²) in [6.07, 6.45) is 0.437. The topological polar surface area (TPSA) is 228 Å². The van der Waals surface area contributed by atoms with Gasteiger partial charge in [0, 0.05) is 31.1 Å². The molecule has 1 aromatic heterocycles. The van der Waals surface area contributed by atoms with Crippen LogP contribution < -0.4 is 15.8 Å². The van der Waals surface area contributed by atoms with Crippen LogP contribution in [0.2, 0.25) is 0 Å². The lowest BCUT2D eigenvalue weighted by atomic mass is 9.83. The number of aromatic nitrogens is 1. The second-order valence-corrected chi connectivity index (χ2v) is 17.2. The average Bonchev–Trinajstić information content (AvgIpc) is 4.07. The molecule has 1 aliphatic carbocycles. The lowest BCUT2D eigenvalue weighted by Crippen LogP contribution is -2.56. The number of rotatable bonds is 28. The summed E-state index contributed by atoms with van der Waals surface area (Å²) in [5.74, 6) is -3.08. The van der Waals surface area contributed by atoms with E-state index in [1.54, 1.807) is 36.6 Å². The predicted octanol–water partition coefficient (Wildman–Crippen LogP) is 5.81. The molecule has 3 atom stereocenters. The highest BCUT2D eigenvalue weighted by molar-refractivity contribution is 7.10. The van der Waals surface area contributed by atoms with Crippen molar-refractivity contribution in [3.05, 3.63) is 81.8 Å². The quantitative estimate of drug-likeness (QED) is 0.0576. The van der Waals surface area contributed by atoms with Crippen LogP contribution in [0.15, 0.2) is 60.0 Å². The first kappa shape index (κ1) is 57.3. The molecule has 388 valence electrons. The van der Waals surface area contributed by atoms with Gasteiger partial charge < -0.3 is 54.2 Å². The predicted molar refractivity (Wildman–Crippen MR) is 250 cm³/mol. The molecule has 2 aliphatic rings. The molecule has 2 fully saturated rings. The number of alkyl halides is 3. The SMILES string of the molecule is C[C@@H](C(=O)N[C@H](C(=O)N1CCC[C@H]1c1nc(C(=O)c2cccc(OCCOCCOCCOCCOCCOCCN)c2)cs1)C1CCCCC1)N(C)C(=O)OCc1ccccc1.O=C(O)C(F)(F)F. The van der Waals surface area contributed by atoms with Gasteiger partial charge in [0.1, 0.15) is 41.7 Å². The van der Waals surface area contributed by atoms with Gasteiger partial charge in [0.05, 0.1) is 72.1 Å². The van der Waals surface area contributed by atoms with E-state index in [9.17, 15) is 32.3 Å². The summed E-state index contributed by atoms with van der Waals surface area (Å²) >= 11 is 1.36. The normalized spacial score (nSPS) is 15.9. The lowest BCUT2D eigenvalue weighted by molar-refractivity contribution is -0.192. The van der Waals surface area contributed by atoms with Crippen molar-refractivity contribution in [3.8, 4) is 5.75 Å². The smallest absolute Gasteiger partial charge is 0.490 e. The van der Waals surface area contributed by atoms with Gasteiger partial charge in [0.15, 0.2) is 0 Å². The number of thiazole rings is 1. The van der Waals surface area contributed by atoms with Crippen LogP contribution in [-0.2, 0) is 49.4 Å². The summed E-state index contributed by atoms with van der Waals surface area (Å²) in [4.78, 5) is 71.5. The van der Waals surface area contributed by atoms with Crippen LogP contribution in [0.25, 0.3) is 0 Å². The van der Waals surface area contributed by atoms with E-state index in [1.165, 1.54) is 23.3 Å². The third-order valence-electron chi connectivity index (χ3n) is 11.3. The standard InChI is InChI=1S/C46H65N5O11S.C2HF3O2/c1-34(50(2)46(55)62-32-35-11-5-3-6-12-35)43(53)49-41(36-13-7-4-8-14-36)45(54)51-19-10-17-40(51)44-48-39(33-63-44)42(52)37-15-9-16-38(31-37)61-30-29-60-28-27-59-26-25-58-24-23-57-22-21-56-20-18-47;3-2(4,5)1(6)7/h3,5-6,9,11-12,15-16,31,33-34,36,40-41H,4,7-8,10,13-14,17-30,32,47H2,1-2H3,(H,49,53);(H,6,7)/t34-,40-,41-;/m0./s1. The van der Waals surface area contributed by atoms with Gasteiger partial charge in [0.2, 0.25) is 17.6 Å². The number of halogens is 3. The van der Waals surface area contributed by atoms with Crippen LogP contribution in [0.3, 0.4) is 0 Å². The Hall–Kier alpha value is -5.23. The number of ketones is 1. The van der Waals surface area contributed by atoms with Crippen molar-refractivity contribution in [3.63, 3.8) is 0 Å². The number of nitrogens with one attached hydrogen (secondary N) is 1. The van der Waals surface area contributed by atoms with Gasteiger partial charge in [-0.15, -0.1) is 11.3 Å². The number of likely N-dealkylation sites (tertiary alicyclic amines) is 1. The Morgan fingerprint density at radius 1 is 0.829 bits per heavy atom. The second kappa shape index (κ2) is 31.2. The molecule has 1 saturated carbocycles. The number of ether oxygens (including phenoxy) is 7. The zero-order valence-electron chi connectivity index (χ0n) is 39.7. The largest absolute Gasteiger partial charge is 0.491 e. The summed E-state index contributed by atoms with van der Waals surface area (Å²) in [6, 6.07) is 14.3. The molecule has 1 saturated heterocycles. The van der Waals surface area contributed by atoms with Crippen molar-refractivity contribution in [2.75, 3.05) is 92.8 Å². The third kappa shape index (κ3) is 19.9. The maximum Gasteiger partial charge on any atom is 0.490 e. The number of nitrogens with zero attached hydrogens (tertiary/aromatic N) is 3. The fourth-order valence-corrected chi connectivity index (χ4v) is 8.39. The van der Waals surface area contributed by atoms with Crippen LogP contribution in [0, 0.1) is 5.92 Å². The monoisotopic (exact) mass is 1010 g/mol. The molecule has 0 unspecified atom stereocenters. The molecule has 70 heavy (non-hydrogen) atoms. The molecular formula is C48H66F3N5O13S. The number of carboxylic acid groups (broad SMARTS) is 1. The number of nitrogens with two attached hydrogens (primary N) is 1. The number of amides is 3. The highest BCUT2D eigenvalue weighted by Gasteiger charge is 2.41. The van der Waals surface area contributed by atoms with Crippen molar-refractivity contribution in [1.29, 1.82) is 0 Å². The van der Waals surface area contributed by atoms with E-state index in [0.717, 1.165) is 44.1 Å². The van der Waals surface area contributed by atoms with E-state index in [2.05, 4.69) is 5.32 Å². The Labute approximate surface area is 410 Å². The minimum absolute atomic E-state index is 0.0337. The van der Waals surface area contributed by atoms with E-state index in [0.29, 0.717) is 114 Å². The molecule has 3 amide bonds. The van der Waals surface area contributed by atoms with Crippen molar-refractivity contribution >= 4 is 41.0 Å². The first-order chi connectivity index (χ1) is 33.7. The second-order valence-electron chi connectivity index (χ2n) is 16.3. The molecule has 0 bridgehead atoms. The molecule has 22 heteroatoms. The molecule has 18 nitrogen and oxygen atoms in total. The number of likely N-dealkylation sites (N-methyl/N-ethyl adjacent to an activating group) is 1. The first-order valence-corrected chi connectivity index (χ1v) is 24.2. The number of carbonyl (C=O) groups excluding carboxylic acids is 4. The zero-order valence-corrected chi connectivity index (χ0v) is 40.6. The van der Waals surface area contributed by atoms with Gasteiger partial charge in [-0.1, -0.05) is 61.7 Å². The zero-order chi connectivity index (χ0) is 50.7. The van der Waals surface area contributed by atoms with Crippen LogP contribution >= 0.6 is 11.3 Å². The van der Waals surface area contributed by atoms with Gasteiger partial charge in [-0.2, -0.15) is 13.2 Å². The number of hydrogen-bond donors (Lipinski definition) is 3. The van der Waals surface area contributed by atoms with Crippen LogP contribution in [0.5, 0.6) is 5.75 Å². The Morgan fingerprint density at radius 3 is 2.00 bits per heavy atom. The fraction of sp³-hybridized carbons (Fsp3) is 0.583. The van der Waals surface area contributed by atoms with Crippen molar-refractivity contribution in [2.24, 2.45) is 11.7 Å². The summed E-state index contributed by atoms with van der Waals surface area (Å²) in [5.41, 5.74) is 6.94. The molecule has 0 radical (unpaired) electrons. The molecule has 0 spiro atoms. The molecule has 4 N–H and O–H groups in total. The minimum atomic E-state index is -5.08. The summed E-state index contributed by atoms with van der Waals surface area (Å²) in [6.45, 7) is 7.66. The average molecular weight is 1010 g/mol. The number of benzene rings is 2. The van der Waals surface area contributed by atoms with Gasteiger partial charge in [-0.05, 0) is 56.2 Å². The van der Waals surface area contributed by atoms with Crippen LogP contribution in [-0.4, -0.2) is 161 Å². The maximum absolute atomic E-state index is 14.5. The van der Waals surface area contributed by atoms with Crippen LogP contribution in [0.4, 0.5) is 18.0 Å². The maximum atomic E-state index is 14.5. The van der Waals surface area contributed by atoms with Crippen molar-refractivity contribution in [1.82, 2.24) is 20.1 Å². The lowest BCUT2D eigenvalue weighted by Gasteiger charge is -2.35. The highest BCUT2D eigenvalue weighted by atomic mass is 32.1. The third-order valence-corrected chi connectivity index (χ3v) is 12.2. The Morgan fingerprint density at radius 2 is 1.41 bits per heavy atom. The molecule has 3 aromatic rings. The Balaban J connectivity index is 0.00000141. The van der Waals surface area contributed by atoms with Crippen molar-refractivity contribution in [2.45, 2.75) is 82.8 Å². The van der Waals surface area contributed by atoms with E-state index in [1.807, 2.05) is 35.2 Å². The molecule has 2 heterocycles. The number of hydrogen-bond acceptors (Lipinski definition) is 15. The van der Waals surface area contributed by atoms with Gasteiger partial charge >= 0.3 is 18.2 Å². The summed E-state index contributed by atoms with van der Waals surface area (Å²) in [5, 5.41) is 12.6. The number of carboxylic acids is 1. The number of aliphatic carboxylic acids is 1. The molecular weight excluding hydrogens is 944 g/mol.